The van der Waals surface area contributed by atoms with E-state index in [2.05, 4.69) is 17.4 Å². The number of amides is 1. The summed E-state index contributed by atoms with van der Waals surface area (Å²) in [5.74, 6) is 2.26. The number of methoxy groups -OCH3 is 1. The molecule has 3 rings (SSSR count). The normalized spacial score (nSPS) is 14.7. The van der Waals surface area contributed by atoms with Crippen LogP contribution in [0.15, 0.2) is 35.7 Å². The van der Waals surface area contributed by atoms with Crippen molar-refractivity contribution >= 4 is 52.4 Å². The van der Waals surface area contributed by atoms with Crippen molar-refractivity contribution in [3.63, 3.8) is 0 Å². The summed E-state index contributed by atoms with van der Waals surface area (Å²) < 4.78 is 10.7. The Labute approximate surface area is 164 Å². The fourth-order valence-electron chi connectivity index (χ4n) is 2.40. The molecule has 1 aliphatic rings. The molecule has 1 aromatic carbocycles. The van der Waals surface area contributed by atoms with Crippen molar-refractivity contribution in [2.75, 3.05) is 30.5 Å². The zero-order chi connectivity index (χ0) is 18.4. The maximum Gasteiger partial charge on any atom is 0.350 e. The lowest BCUT2D eigenvalue weighted by molar-refractivity contribution is -0.118. The lowest BCUT2D eigenvalue weighted by atomic mass is 10.2. The zero-order valence-corrected chi connectivity index (χ0v) is 16.7. The summed E-state index contributed by atoms with van der Waals surface area (Å²) in [4.78, 5) is 24.1. The first-order valence-corrected chi connectivity index (χ1v) is 11.1. The highest BCUT2D eigenvalue weighted by molar-refractivity contribution is 8.16. The Hall–Kier alpha value is -1.64. The lowest BCUT2D eigenvalue weighted by Gasteiger charge is -2.21. The summed E-state index contributed by atoms with van der Waals surface area (Å²) in [6.45, 7) is -0.122. The van der Waals surface area contributed by atoms with Gasteiger partial charge >= 0.3 is 5.97 Å². The van der Waals surface area contributed by atoms with Gasteiger partial charge in [0, 0.05) is 0 Å². The van der Waals surface area contributed by atoms with E-state index in [1.165, 1.54) is 41.9 Å². The maximum absolute atomic E-state index is 12.1. The molecule has 1 aromatic heterocycles. The molecule has 0 atom stereocenters. The molecule has 138 valence electrons. The van der Waals surface area contributed by atoms with E-state index in [4.69, 9.17) is 9.47 Å². The highest BCUT2D eigenvalue weighted by Gasteiger charge is 2.17. The Balaban J connectivity index is 1.51. The smallest absolute Gasteiger partial charge is 0.350 e. The van der Waals surface area contributed by atoms with Crippen LogP contribution in [0.4, 0.5) is 5.69 Å². The molecule has 0 saturated carbocycles. The van der Waals surface area contributed by atoms with Crippen molar-refractivity contribution in [3.8, 4) is 5.75 Å². The lowest BCUT2D eigenvalue weighted by Crippen LogP contribution is -2.21. The van der Waals surface area contributed by atoms with Crippen molar-refractivity contribution in [2.24, 2.45) is 0 Å². The van der Waals surface area contributed by atoms with Crippen molar-refractivity contribution in [1.82, 2.24) is 0 Å². The molecule has 0 bridgehead atoms. The molecule has 1 saturated heterocycles. The number of carbonyl (C=O) groups is 2. The van der Waals surface area contributed by atoms with E-state index in [9.17, 15) is 9.59 Å². The van der Waals surface area contributed by atoms with Crippen LogP contribution in [0, 0.1) is 0 Å². The highest BCUT2D eigenvalue weighted by Crippen LogP contribution is 2.43. The second-order valence-electron chi connectivity index (χ2n) is 5.49. The molecule has 5 nitrogen and oxygen atoms in total. The zero-order valence-electron chi connectivity index (χ0n) is 14.2. The average molecular weight is 410 g/mol. The number of anilines is 1. The van der Waals surface area contributed by atoms with Crippen LogP contribution in [-0.2, 0) is 9.53 Å². The molecule has 0 aliphatic carbocycles. The summed E-state index contributed by atoms with van der Waals surface area (Å²) in [7, 11) is 1.31. The van der Waals surface area contributed by atoms with Crippen LogP contribution >= 0.6 is 34.9 Å². The van der Waals surface area contributed by atoms with Gasteiger partial charge < -0.3 is 14.8 Å². The van der Waals surface area contributed by atoms with Gasteiger partial charge in [-0.15, -0.1) is 34.9 Å². The van der Waals surface area contributed by atoms with Gasteiger partial charge in [0.05, 0.1) is 17.4 Å². The Morgan fingerprint density at radius 1 is 1.15 bits per heavy atom. The van der Waals surface area contributed by atoms with Gasteiger partial charge in [0.25, 0.3) is 5.91 Å². The van der Waals surface area contributed by atoms with Crippen molar-refractivity contribution in [2.45, 2.75) is 11.0 Å². The second-order valence-corrected chi connectivity index (χ2v) is 9.13. The van der Waals surface area contributed by atoms with Gasteiger partial charge in [-0.3, -0.25) is 4.79 Å². The van der Waals surface area contributed by atoms with Gasteiger partial charge in [-0.05, 0) is 47.1 Å². The number of benzene rings is 1. The highest BCUT2D eigenvalue weighted by atomic mass is 32.2. The SMILES string of the molecule is COC(=O)c1sccc1NC(=O)COc1ccc(C2SCCCS2)cc1. The van der Waals surface area contributed by atoms with E-state index in [1.807, 2.05) is 35.7 Å². The maximum atomic E-state index is 12.1. The van der Waals surface area contributed by atoms with Crippen molar-refractivity contribution in [1.29, 1.82) is 0 Å². The summed E-state index contributed by atoms with van der Waals surface area (Å²) >= 11 is 5.16. The van der Waals surface area contributed by atoms with Crippen LogP contribution in [0.25, 0.3) is 0 Å². The Morgan fingerprint density at radius 2 is 1.88 bits per heavy atom. The van der Waals surface area contributed by atoms with Crippen LogP contribution < -0.4 is 10.1 Å². The summed E-state index contributed by atoms with van der Waals surface area (Å²) in [5.41, 5.74) is 1.72. The minimum absolute atomic E-state index is 0.122. The van der Waals surface area contributed by atoms with E-state index in [1.54, 1.807) is 11.4 Å². The number of thioether (sulfide) groups is 2. The molecule has 8 heteroatoms. The van der Waals surface area contributed by atoms with Crippen LogP contribution in [0.2, 0.25) is 0 Å². The summed E-state index contributed by atoms with van der Waals surface area (Å²) in [5, 5.41) is 4.40. The number of thiophene rings is 1. The third-order valence-electron chi connectivity index (χ3n) is 3.66. The monoisotopic (exact) mass is 409 g/mol. The minimum atomic E-state index is -0.467. The topological polar surface area (TPSA) is 64.6 Å². The molecule has 0 radical (unpaired) electrons. The van der Waals surface area contributed by atoms with Gasteiger partial charge in [-0.1, -0.05) is 12.1 Å². The van der Waals surface area contributed by atoms with Crippen LogP contribution in [0.3, 0.4) is 0 Å². The number of carbonyl (C=O) groups excluding carboxylic acids is 2. The first-order valence-electron chi connectivity index (χ1n) is 8.09. The Morgan fingerprint density at radius 3 is 2.58 bits per heavy atom. The number of ether oxygens (including phenoxy) is 2. The number of hydrogen-bond donors (Lipinski definition) is 1. The van der Waals surface area contributed by atoms with Gasteiger partial charge in [0.2, 0.25) is 0 Å². The first-order chi connectivity index (χ1) is 12.7. The fourth-order valence-corrected chi connectivity index (χ4v) is 6.06. The van der Waals surface area contributed by atoms with Crippen LogP contribution in [0.5, 0.6) is 5.75 Å². The van der Waals surface area contributed by atoms with Gasteiger partial charge in [0.1, 0.15) is 10.6 Å². The van der Waals surface area contributed by atoms with Crippen molar-refractivity contribution in [3.05, 3.63) is 46.2 Å². The molecule has 2 aromatic rings. The number of nitrogens with one attached hydrogen (secondary N) is 1. The third kappa shape index (κ3) is 4.96. The predicted molar refractivity (Wildman–Crippen MR) is 108 cm³/mol. The number of esters is 1. The largest absolute Gasteiger partial charge is 0.484 e. The van der Waals surface area contributed by atoms with Crippen molar-refractivity contribution < 1.29 is 19.1 Å². The number of hydrogen-bond acceptors (Lipinski definition) is 7. The van der Waals surface area contributed by atoms with E-state index < -0.39 is 5.97 Å². The molecule has 1 fully saturated rings. The third-order valence-corrected chi connectivity index (χ3v) is 7.57. The van der Waals surface area contributed by atoms with E-state index >= 15 is 0 Å². The molecule has 1 N–H and O–H groups in total. The van der Waals surface area contributed by atoms with Gasteiger partial charge in [-0.25, -0.2) is 4.79 Å². The molecule has 1 aliphatic heterocycles. The first kappa shape index (κ1) is 19.1. The number of rotatable bonds is 6. The minimum Gasteiger partial charge on any atom is -0.484 e. The molecule has 26 heavy (non-hydrogen) atoms. The Kier molecular flexibility index (Phi) is 6.87. The van der Waals surface area contributed by atoms with Crippen LogP contribution in [0.1, 0.15) is 26.2 Å². The molecular formula is C18H19NO4S3. The molecule has 0 unspecified atom stereocenters. The molecular weight excluding hydrogens is 390 g/mol. The molecule has 1 amide bonds. The van der Waals surface area contributed by atoms with Crippen LogP contribution in [-0.4, -0.2) is 37.1 Å². The van der Waals surface area contributed by atoms with E-state index in [0.717, 1.165) is 0 Å². The standard InChI is InChI=1S/C18H19NO4S3/c1-22-17(21)16-14(7-10-24-16)19-15(20)11-23-13-5-3-12(4-6-13)18-25-8-2-9-26-18/h3-7,10,18H,2,8-9,11H2,1H3,(H,19,20). The summed E-state index contributed by atoms with van der Waals surface area (Å²) in [6.07, 6.45) is 1.27. The van der Waals surface area contributed by atoms with E-state index in [0.29, 0.717) is 20.9 Å². The summed E-state index contributed by atoms with van der Waals surface area (Å²) in [6, 6.07) is 9.56. The average Bonchev–Trinajstić information content (AvgIpc) is 3.15. The van der Waals surface area contributed by atoms with E-state index in [-0.39, 0.29) is 12.5 Å². The Bertz CT molecular complexity index is 754. The van der Waals surface area contributed by atoms with Gasteiger partial charge in [-0.2, -0.15) is 0 Å². The second kappa shape index (κ2) is 9.34. The van der Waals surface area contributed by atoms with Gasteiger partial charge in [0.15, 0.2) is 6.61 Å². The quantitative estimate of drug-likeness (QED) is 0.713. The fraction of sp³-hybridized carbons (Fsp3) is 0.333. The molecule has 2 heterocycles. The molecule has 0 spiro atoms. The predicted octanol–water partition coefficient (Wildman–Crippen LogP) is 4.42.